The first-order valence-electron chi connectivity index (χ1n) is 24.1. The maximum Gasteiger partial charge on any atom is 0.305 e. The third-order valence-corrected chi connectivity index (χ3v) is 11.0. The third kappa shape index (κ3) is 41.8. The molecule has 0 heterocycles. The van der Waals surface area contributed by atoms with Crippen LogP contribution in [0.2, 0.25) is 0 Å². The quantitative estimate of drug-likeness (QED) is 0.0325. The van der Waals surface area contributed by atoms with Crippen LogP contribution in [0.25, 0.3) is 0 Å². The number of amides is 1. The highest BCUT2D eigenvalue weighted by Gasteiger charge is 2.18. The molecule has 0 aliphatic carbocycles. The predicted molar refractivity (Wildman–Crippen MR) is 236 cm³/mol. The molecule has 6 heteroatoms. The molecule has 0 aromatic heterocycles. The summed E-state index contributed by atoms with van der Waals surface area (Å²) in [6.45, 7) is 4.83. The van der Waals surface area contributed by atoms with Crippen molar-refractivity contribution < 1.29 is 24.5 Å². The van der Waals surface area contributed by atoms with Crippen molar-refractivity contribution in [3.63, 3.8) is 0 Å². The Hall–Kier alpha value is -1.66. The van der Waals surface area contributed by atoms with Crippen molar-refractivity contribution in [2.24, 2.45) is 0 Å². The monoisotopic (exact) mass is 776 g/mol. The van der Waals surface area contributed by atoms with Crippen LogP contribution >= 0.6 is 0 Å². The fourth-order valence-corrected chi connectivity index (χ4v) is 7.21. The molecule has 2 atom stereocenters. The summed E-state index contributed by atoms with van der Waals surface area (Å²) < 4.78 is 5.44. The first kappa shape index (κ1) is 53.3. The number of allylic oxidation sites excluding steroid dienone is 3. The molecule has 0 radical (unpaired) electrons. The van der Waals surface area contributed by atoms with Gasteiger partial charge in [0.05, 0.1) is 25.4 Å². The first-order valence-corrected chi connectivity index (χ1v) is 24.1. The molecule has 324 valence electrons. The van der Waals surface area contributed by atoms with Gasteiger partial charge >= 0.3 is 5.97 Å². The molecule has 0 aliphatic rings. The lowest BCUT2D eigenvalue weighted by atomic mass is 10.0. The van der Waals surface area contributed by atoms with Crippen LogP contribution in [0.1, 0.15) is 251 Å². The van der Waals surface area contributed by atoms with Gasteiger partial charge in [-0.25, -0.2) is 0 Å². The average molecular weight is 776 g/mol. The van der Waals surface area contributed by atoms with Gasteiger partial charge in [0.1, 0.15) is 0 Å². The second-order valence-corrected chi connectivity index (χ2v) is 16.4. The maximum atomic E-state index is 12.4. The zero-order chi connectivity index (χ0) is 40.1. The lowest BCUT2D eigenvalue weighted by Gasteiger charge is -2.20. The Labute approximate surface area is 341 Å². The second kappa shape index (κ2) is 45.0. The lowest BCUT2D eigenvalue weighted by molar-refractivity contribution is -0.143. The van der Waals surface area contributed by atoms with Gasteiger partial charge in [-0.2, -0.15) is 0 Å². The maximum absolute atomic E-state index is 12.4. The summed E-state index contributed by atoms with van der Waals surface area (Å²) >= 11 is 0. The van der Waals surface area contributed by atoms with Crippen LogP contribution < -0.4 is 5.32 Å². The molecule has 0 saturated heterocycles. The van der Waals surface area contributed by atoms with E-state index in [-0.39, 0.29) is 18.5 Å². The number of carbonyl (C=O) groups excluding carboxylic acids is 2. The summed E-state index contributed by atoms with van der Waals surface area (Å²) in [5.41, 5.74) is 0. The van der Waals surface area contributed by atoms with Gasteiger partial charge in [-0.15, -0.1) is 0 Å². The van der Waals surface area contributed by atoms with Gasteiger partial charge in [-0.3, -0.25) is 9.59 Å². The van der Waals surface area contributed by atoms with Gasteiger partial charge in [-0.05, 0) is 57.8 Å². The summed E-state index contributed by atoms with van der Waals surface area (Å²) in [5, 5.41) is 23.0. The van der Waals surface area contributed by atoms with E-state index in [4.69, 9.17) is 4.74 Å². The third-order valence-electron chi connectivity index (χ3n) is 11.0. The fourth-order valence-electron chi connectivity index (χ4n) is 7.21. The number of esters is 1. The van der Waals surface area contributed by atoms with Gasteiger partial charge in [0.25, 0.3) is 0 Å². The van der Waals surface area contributed by atoms with E-state index in [2.05, 4.69) is 31.3 Å². The van der Waals surface area contributed by atoms with E-state index < -0.39 is 12.1 Å². The molecule has 0 spiro atoms. The molecular formula is C49H93NO5. The Bertz CT molecular complexity index is 858. The van der Waals surface area contributed by atoms with Crippen molar-refractivity contribution in [2.75, 3.05) is 13.2 Å². The van der Waals surface area contributed by atoms with Gasteiger partial charge in [0.2, 0.25) is 5.91 Å². The molecule has 0 aliphatic heterocycles. The molecule has 0 fully saturated rings. The van der Waals surface area contributed by atoms with Crippen molar-refractivity contribution >= 4 is 11.9 Å². The van der Waals surface area contributed by atoms with E-state index in [0.29, 0.717) is 19.4 Å². The zero-order valence-corrected chi connectivity index (χ0v) is 36.7. The predicted octanol–water partition coefficient (Wildman–Crippen LogP) is 14.0. The first-order chi connectivity index (χ1) is 27.0. The lowest BCUT2D eigenvalue weighted by Crippen LogP contribution is -2.45. The number of nitrogens with one attached hydrogen (secondary N) is 1. The highest BCUT2D eigenvalue weighted by molar-refractivity contribution is 5.76. The molecule has 0 aromatic rings. The number of rotatable bonds is 44. The van der Waals surface area contributed by atoms with Crippen molar-refractivity contribution in [1.82, 2.24) is 5.32 Å². The van der Waals surface area contributed by atoms with E-state index in [1.165, 1.54) is 167 Å². The van der Waals surface area contributed by atoms with Crippen LogP contribution in [0.3, 0.4) is 0 Å². The van der Waals surface area contributed by atoms with Crippen molar-refractivity contribution in [1.29, 1.82) is 0 Å². The largest absolute Gasteiger partial charge is 0.466 e. The van der Waals surface area contributed by atoms with E-state index in [1.54, 1.807) is 6.08 Å². The molecule has 3 N–H and O–H groups in total. The fraction of sp³-hybridized carbons (Fsp3) is 0.878. The van der Waals surface area contributed by atoms with Gasteiger partial charge < -0.3 is 20.3 Å². The number of ether oxygens (including phenoxy) is 1. The van der Waals surface area contributed by atoms with Crippen LogP contribution in [0, 0.1) is 0 Å². The molecule has 0 saturated carbocycles. The van der Waals surface area contributed by atoms with Gasteiger partial charge in [0.15, 0.2) is 0 Å². The summed E-state index contributed by atoms with van der Waals surface area (Å²) in [5.74, 6) is -0.121. The topological polar surface area (TPSA) is 95.9 Å². The Morgan fingerprint density at radius 2 is 0.855 bits per heavy atom. The number of hydrogen-bond acceptors (Lipinski definition) is 5. The van der Waals surface area contributed by atoms with Gasteiger partial charge in [-0.1, -0.05) is 205 Å². The number of unbranched alkanes of at least 4 members (excludes halogenated alkanes) is 31. The minimum absolute atomic E-state index is 0.0294. The van der Waals surface area contributed by atoms with Crippen molar-refractivity contribution in [3.05, 3.63) is 24.3 Å². The van der Waals surface area contributed by atoms with E-state index >= 15 is 0 Å². The number of carbonyl (C=O) groups is 2. The Kier molecular flexibility index (Phi) is 43.7. The molecular weight excluding hydrogens is 683 g/mol. The highest BCUT2D eigenvalue weighted by atomic mass is 16.5. The Balaban J connectivity index is 3.52. The normalized spacial score (nSPS) is 12.9. The second-order valence-electron chi connectivity index (χ2n) is 16.4. The van der Waals surface area contributed by atoms with E-state index in [1.807, 2.05) is 6.08 Å². The summed E-state index contributed by atoms with van der Waals surface area (Å²) in [4.78, 5) is 24.4. The smallest absolute Gasteiger partial charge is 0.305 e. The average Bonchev–Trinajstić information content (AvgIpc) is 3.18. The SMILES string of the molecule is CCCCCCCC/C=C\CCCCCCCC(=O)OCCCCCCCCCCCCC(=O)NC(CO)C(O)/C=C/CCCCCCCCCCCCC. The number of aliphatic hydroxyl groups is 2. The van der Waals surface area contributed by atoms with Crippen LogP contribution in [0.4, 0.5) is 0 Å². The van der Waals surface area contributed by atoms with Crippen LogP contribution in [0.5, 0.6) is 0 Å². The van der Waals surface area contributed by atoms with Crippen LogP contribution in [-0.2, 0) is 14.3 Å². The summed E-state index contributed by atoms with van der Waals surface area (Å²) in [6.07, 6.45) is 51.6. The minimum atomic E-state index is -0.858. The Morgan fingerprint density at radius 3 is 1.29 bits per heavy atom. The number of aliphatic hydroxyl groups excluding tert-OH is 2. The molecule has 2 unspecified atom stereocenters. The molecule has 55 heavy (non-hydrogen) atoms. The minimum Gasteiger partial charge on any atom is -0.466 e. The molecule has 1 amide bonds. The molecule has 0 bridgehead atoms. The van der Waals surface area contributed by atoms with E-state index in [9.17, 15) is 19.8 Å². The molecule has 6 nitrogen and oxygen atoms in total. The van der Waals surface area contributed by atoms with E-state index in [0.717, 1.165) is 57.8 Å². The highest BCUT2D eigenvalue weighted by Crippen LogP contribution is 2.15. The molecule has 0 aromatic carbocycles. The molecule has 0 rings (SSSR count). The zero-order valence-electron chi connectivity index (χ0n) is 36.7. The number of hydrogen-bond donors (Lipinski definition) is 3. The van der Waals surface area contributed by atoms with Crippen molar-refractivity contribution in [3.8, 4) is 0 Å². The van der Waals surface area contributed by atoms with Crippen LogP contribution in [0.15, 0.2) is 24.3 Å². The van der Waals surface area contributed by atoms with Gasteiger partial charge in [0, 0.05) is 12.8 Å². The summed E-state index contributed by atoms with van der Waals surface area (Å²) in [7, 11) is 0. The van der Waals surface area contributed by atoms with Crippen molar-refractivity contribution in [2.45, 2.75) is 264 Å². The standard InChI is InChI=1S/C49H93NO5/c1-3-5-7-9-11-13-15-17-18-20-22-27-31-35-39-43-49(54)55-44-40-36-32-28-24-23-26-30-34-38-42-48(53)50-46(45-51)47(52)41-37-33-29-25-21-19-16-14-12-10-8-6-4-2/h17-18,37,41,46-47,51-52H,3-16,19-36,38-40,42-45H2,1-2H3,(H,50,53)/b18-17-,41-37+. The summed E-state index contributed by atoms with van der Waals surface area (Å²) in [6, 6.07) is -0.643. The Morgan fingerprint density at radius 1 is 0.491 bits per heavy atom. The van der Waals surface area contributed by atoms with Crippen LogP contribution in [-0.4, -0.2) is 47.4 Å².